The Balaban J connectivity index is 1.76. The number of ether oxygens (including phenoxy) is 3. The van der Waals surface area contributed by atoms with Crippen molar-refractivity contribution >= 4 is 17.6 Å². The lowest BCUT2D eigenvalue weighted by Crippen LogP contribution is -2.40. The van der Waals surface area contributed by atoms with Gasteiger partial charge in [0.25, 0.3) is 0 Å². The minimum absolute atomic E-state index is 0.529. The van der Waals surface area contributed by atoms with Crippen LogP contribution >= 0.6 is 11.6 Å². The van der Waals surface area contributed by atoms with E-state index in [1.165, 1.54) is 0 Å². The molecule has 0 saturated heterocycles. The van der Waals surface area contributed by atoms with Crippen LogP contribution in [0.15, 0.2) is 17.1 Å². The van der Waals surface area contributed by atoms with Gasteiger partial charge in [0.05, 0.1) is 5.02 Å². The summed E-state index contributed by atoms with van der Waals surface area (Å²) in [6.45, 7) is 5.21. The molecular formula is C18H29ClN4O3. The Morgan fingerprint density at radius 3 is 2.85 bits per heavy atom. The van der Waals surface area contributed by atoms with E-state index in [0.29, 0.717) is 36.3 Å². The molecule has 1 aromatic carbocycles. The fraction of sp³-hybridized carbons (Fsp3) is 0.611. The number of likely N-dealkylation sites (N-methyl/N-ethyl adjacent to an activating group) is 1. The van der Waals surface area contributed by atoms with Crippen LogP contribution < -0.4 is 20.1 Å². The average molecular weight is 385 g/mol. The second kappa shape index (κ2) is 11.1. The van der Waals surface area contributed by atoms with Gasteiger partial charge in [-0.25, -0.2) is 0 Å². The van der Waals surface area contributed by atoms with Gasteiger partial charge in [-0.3, -0.25) is 4.99 Å². The molecule has 0 saturated carbocycles. The molecule has 0 amide bonds. The molecule has 26 heavy (non-hydrogen) atoms. The summed E-state index contributed by atoms with van der Waals surface area (Å²) in [5.41, 5.74) is 1.01. The molecule has 1 aromatic rings. The number of halogens is 1. The van der Waals surface area contributed by atoms with Gasteiger partial charge in [-0.1, -0.05) is 11.6 Å². The zero-order valence-electron chi connectivity index (χ0n) is 15.8. The largest absolute Gasteiger partial charge is 0.486 e. The van der Waals surface area contributed by atoms with Crippen LogP contribution in [0.1, 0.15) is 12.0 Å². The quantitative estimate of drug-likeness (QED) is 0.384. The average Bonchev–Trinajstić information content (AvgIpc) is 2.65. The van der Waals surface area contributed by atoms with E-state index in [1.807, 2.05) is 12.1 Å². The van der Waals surface area contributed by atoms with E-state index in [0.717, 1.165) is 44.2 Å². The third-order valence-corrected chi connectivity index (χ3v) is 4.30. The van der Waals surface area contributed by atoms with Crippen LogP contribution in [0.2, 0.25) is 5.02 Å². The number of fused-ring (bicyclic) bond motifs is 1. The lowest BCUT2D eigenvalue weighted by atomic mass is 10.2. The summed E-state index contributed by atoms with van der Waals surface area (Å²) in [6.07, 6.45) is 1.03. The van der Waals surface area contributed by atoms with Crippen molar-refractivity contribution in [1.82, 2.24) is 15.5 Å². The molecule has 1 aliphatic heterocycles. The van der Waals surface area contributed by atoms with Gasteiger partial charge in [0.1, 0.15) is 13.2 Å². The molecule has 0 aliphatic carbocycles. The highest BCUT2D eigenvalue weighted by Crippen LogP contribution is 2.38. The Morgan fingerprint density at radius 2 is 2.08 bits per heavy atom. The lowest BCUT2D eigenvalue weighted by Gasteiger charge is -2.21. The number of guanidine groups is 1. The van der Waals surface area contributed by atoms with Crippen LogP contribution in [0, 0.1) is 0 Å². The molecular weight excluding hydrogens is 356 g/mol. The summed E-state index contributed by atoms with van der Waals surface area (Å²) >= 11 is 6.27. The number of aliphatic imine (C=N–C) groups is 1. The Morgan fingerprint density at radius 1 is 1.27 bits per heavy atom. The van der Waals surface area contributed by atoms with Crippen LogP contribution in [0.25, 0.3) is 0 Å². The van der Waals surface area contributed by atoms with Crippen molar-refractivity contribution in [3.63, 3.8) is 0 Å². The van der Waals surface area contributed by atoms with Crippen molar-refractivity contribution in [2.45, 2.75) is 13.0 Å². The van der Waals surface area contributed by atoms with Crippen molar-refractivity contribution < 1.29 is 14.2 Å². The molecule has 7 nitrogen and oxygen atoms in total. The fourth-order valence-corrected chi connectivity index (χ4v) is 2.92. The molecule has 1 heterocycles. The fourth-order valence-electron chi connectivity index (χ4n) is 2.63. The van der Waals surface area contributed by atoms with Crippen LogP contribution in [0.4, 0.5) is 0 Å². The van der Waals surface area contributed by atoms with Crippen molar-refractivity contribution in [3.8, 4) is 11.5 Å². The van der Waals surface area contributed by atoms with Gasteiger partial charge in [0.2, 0.25) is 0 Å². The molecule has 0 spiro atoms. The van der Waals surface area contributed by atoms with Crippen LogP contribution in [0.3, 0.4) is 0 Å². The zero-order chi connectivity index (χ0) is 18.8. The number of nitrogens with zero attached hydrogens (tertiary/aromatic N) is 2. The molecule has 0 atom stereocenters. The maximum absolute atomic E-state index is 6.27. The Bertz CT molecular complexity index is 598. The maximum atomic E-state index is 6.27. The smallest absolute Gasteiger partial charge is 0.191 e. The molecule has 1 aliphatic rings. The number of rotatable bonds is 9. The molecule has 8 heteroatoms. The molecule has 0 unspecified atom stereocenters. The third-order valence-electron chi connectivity index (χ3n) is 4.01. The highest BCUT2D eigenvalue weighted by atomic mass is 35.5. The first-order valence-corrected chi connectivity index (χ1v) is 9.22. The minimum atomic E-state index is 0.529. The number of hydrogen-bond acceptors (Lipinski definition) is 5. The van der Waals surface area contributed by atoms with E-state index in [1.54, 1.807) is 14.2 Å². The Labute approximate surface area is 160 Å². The summed E-state index contributed by atoms with van der Waals surface area (Å²) in [6, 6.07) is 3.84. The summed E-state index contributed by atoms with van der Waals surface area (Å²) < 4.78 is 16.2. The predicted molar refractivity (Wildman–Crippen MR) is 105 cm³/mol. The van der Waals surface area contributed by atoms with Gasteiger partial charge < -0.3 is 29.7 Å². The van der Waals surface area contributed by atoms with E-state index in [9.17, 15) is 0 Å². The van der Waals surface area contributed by atoms with Crippen LogP contribution in [0.5, 0.6) is 11.5 Å². The Kier molecular flexibility index (Phi) is 8.80. The summed E-state index contributed by atoms with van der Waals surface area (Å²) in [7, 11) is 5.59. The van der Waals surface area contributed by atoms with Crippen molar-refractivity contribution in [2.24, 2.45) is 4.99 Å². The first-order chi connectivity index (χ1) is 12.6. The number of benzene rings is 1. The van der Waals surface area contributed by atoms with Gasteiger partial charge in [0.15, 0.2) is 17.5 Å². The van der Waals surface area contributed by atoms with Gasteiger partial charge in [0, 0.05) is 46.9 Å². The summed E-state index contributed by atoms with van der Waals surface area (Å²) in [5.74, 6) is 2.07. The van der Waals surface area contributed by atoms with Crippen molar-refractivity contribution in [1.29, 1.82) is 0 Å². The number of hydrogen-bond donors (Lipinski definition) is 2. The zero-order valence-corrected chi connectivity index (χ0v) is 16.6. The first kappa shape index (κ1) is 20.6. The van der Waals surface area contributed by atoms with Gasteiger partial charge in [-0.2, -0.15) is 0 Å². The Hall–Kier alpha value is -1.70. The normalized spacial score (nSPS) is 13.8. The standard InChI is InChI=1S/C18H29ClN4O3/c1-20-18(21-5-7-23(2)6-4-8-24-3)22-13-14-11-15(19)17-16(12-14)25-9-10-26-17/h11-12H,4-10,13H2,1-3H3,(H2,20,21,22). The molecule has 0 fully saturated rings. The van der Waals surface area contributed by atoms with Crippen molar-refractivity contribution in [3.05, 3.63) is 22.7 Å². The number of methoxy groups -OCH3 is 1. The first-order valence-electron chi connectivity index (χ1n) is 8.84. The second-order valence-corrected chi connectivity index (χ2v) is 6.51. The number of nitrogens with one attached hydrogen (secondary N) is 2. The monoisotopic (exact) mass is 384 g/mol. The molecule has 0 aromatic heterocycles. The van der Waals surface area contributed by atoms with E-state index < -0.39 is 0 Å². The molecule has 2 rings (SSSR count). The highest BCUT2D eigenvalue weighted by molar-refractivity contribution is 6.32. The SMILES string of the molecule is CN=C(NCCN(C)CCCOC)NCc1cc(Cl)c2c(c1)OCCO2. The minimum Gasteiger partial charge on any atom is -0.486 e. The lowest BCUT2D eigenvalue weighted by molar-refractivity contribution is 0.171. The molecule has 0 bridgehead atoms. The van der Waals surface area contributed by atoms with Gasteiger partial charge in [-0.15, -0.1) is 0 Å². The van der Waals surface area contributed by atoms with E-state index in [4.69, 9.17) is 25.8 Å². The second-order valence-electron chi connectivity index (χ2n) is 6.10. The summed E-state index contributed by atoms with van der Waals surface area (Å²) in [4.78, 5) is 6.52. The van der Waals surface area contributed by atoms with E-state index >= 15 is 0 Å². The topological polar surface area (TPSA) is 67.4 Å². The van der Waals surface area contributed by atoms with E-state index in [-0.39, 0.29) is 0 Å². The molecule has 2 N–H and O–H groups in total. The maximum Gasteiger partial charge on any atom is 0.191 e. The molecule has 146 valence electrons. The van der Waals surface area contributed by atoms with Gasteiger partial charge in [-0.05, 0) is 31.2 Å². The molecule has 0 radical (unpaired) electrons. The predicted octanol–water partition coefficient (Wildman–Crippen LogP) is 1.74. The third kappa shape index (κ3) is 6.55. The van der Waals surface area contributed by atoms with Crippen LogP contribution in [-0.2, 0) is 11.3 Å². The summed E-state index contributed by atoms with van der Waals surface area (Å²) in [5, 5.41) is 7.18. The van der Waals surface area contributed by atoms with E-state index in [2.05, 4.69) is 27.6 Å². The van der Waals surface area contributed by atoms with Gasteiger partial charge >= 0.3 is 0 Å². The van der Waals surface area contributed by atoms with Crippen LogP contribution in [-0.4, -0.2) is 71.5 Å². The highest BCUT2D eigenvalue weighted by Gasteiger charge is 2.16. The van der Waals surface area contributed by atoms with Crippen molar-refractivity contribution in [2.75, 3.05) is 60.7 Å².